The number of aliphatic imine (C=N–C) groups is 1. The normalized spacial score (nSPS) is 17.5. The van der Waals surface area contributed by atoms with Crippen molar-refractivity contribution >= 4 is 11.9 Å². The van der Waals surface area contributed by atoms with Crippen LogP contribution in [0.1, 0.15) is 5.56 Å². The van der Waals surface area contributed by atoms with Crippen LogP contribution in [0.3, 0.4) is 0 Å². The molecule has 1 aromatic carbocycles. The molecule has 1 aliphatic heterocycles. The van der Waals surface area contributed by atoms with Crippen molar-refractivity contribution in [3.63, 3.8) is 0 Å². The smallest absolute Gasteiger partial charge is 0.367 e. The van der Waals surface area contributed by atoms with Gasteiger partial charge in [0.15, 0.2) is 5.70 Å². The number of methoxy groups -OCH3 is 1. The molecule has 0 radical (unpaired) electrons. The summed E-state index contributed by atoms with van der Waals surface area (Å²) in [7, 11) is 1.45. The summed E-state index contributed by atoms with van der Waals surface area (Å²) in [6, 6.07) is 9.23. The number of carbonyl (C=O) groups excluding carboxylic acids is 1. The number of nitrogens with zero attached hydrogens (tertiary/aromatic N) is 1. The van der Waals surface area contributed by atoms with Crippen molar-refractivity contribution in [1.82, 2.24) is 0 Å². The Morgan fingerprint density at radius 1 is 1.33 bits per heavy atom. The quantitative estimate of drug-likeness (QED) is 0.415. The second kappa shape index (κ2) is 3.96. The predicted octanol–water partition coefficient (Wildman–Crippen LogP) is 1.48. The van der Waals surface area contributed by atoms with Gasteiger partial charge in [-0.3, -0.25) is 0 Å². The van der Waals surface area contributed by atoms with Gasteiger partial charge in [0.25, 0.3) is 0 Å². The minimum Gasteiger partial charge on any atom is -0.502 e. The number of cyclic esters (lactones) is 1. The SMILES string of the molecule is CO/C=C1/N=C(c2ccccc2)OC1=O. The second-order valence-corrected chi connectivity index (χ2v) is 2.91. The third kappa shape index (κ3) is 1.88. The Bertz CT molecular complexity index is 434. The van der Waals surface area contributed by atoms with Gasteiger partial charge in [0, 0.05) is 5.56 Å². The number of carbonyl (C=O) groups is 1. The van der Waals surface area contributed by atoms with E-state index in [2.05, 4.69) is 4.99 Å². The summed E-state index contributed by atoms with van der Waals surface area (Å²) in [5.41, 5.74) is 0.946. The Labute approximate surface area is 86.8 Å². The third-order valence-corrected chi connectivity index (χ3v) is 1.87. The average molecular weight is 203 g/mol. The van der Waals surface area contributed by atoms with Gasteiger partial charge in [-0.25, -0.2) is 9.79 Å². The van der Waals surface area contributed by atoms with E-state index < -0.39 is 5.97 Å². The molecule has 0 aliphatic carbocycles. The molecule has 15 heavy (non-hydrogen) atoms. The maximum Gasteiger partial charge on any atom is 0.367 e. The van der Waals surface area contributed by atoms with Crippen LogP contribution in [-0.4, -0.2) is 19.0 Å². The van der Waals surface area contributed by atoms with E-state index in [1.54, 1.807) is 0 Å². The van der Waals surface area contributed by atoms with Crippen LogP contribution in [0.4, 0.5) is 0 Å². The molecule has 4 nitrogen and oxygen atoms in total. The molecule has 0 amide bonds. The van der Waals surface area contributed by atoms with Gasteiger partial charge in [0.2, 0.25) is 5.90 Å². The van der Waals surface area contributed by atoms with E-state index in [1.165, 1.54) is 13.4 Å². The van der Waals surface area contributed by atoms with Gasteiger partial charge in [-0.1, -0.05) is 18.2 Å². The van der Waals surface area contributed by atoms with Gasteiger partial charge in [-0.2, -0.15) is 0 Å². The van der Waals surface area contributed by atoms with Crippen LogP contribution < -0.4 is 0 Å². The molecule has 0 N–H and O–H groups in total. The zero-order valence-electron chi connectivity index (χ0n) is 8.14. The summed E-state index contributed by atoms with van der Waals surface area (Å²) in [5, 5.41) is 0. The Balaban J connectivity index is 2.31. The molecule has 1 heterocycles. The molecule has 2 rings (SSSR count). The molecule has 1 aliphatic rings. The fourth-order valence-electron chi connectivity index (χ4n) is 1.21. The van der Waals surface area contributed by atoms with E-state index in [1.807, 2.05) is 30.3 Å². The number of benzene rings is 1. The van der Waals surface area contributed by atoms with Crippen molar-refractivity contribution in [3.05, 3.63) is 47.9 Å². The number of ether oxygens (including phenoxy) is 2. The predicted molar refractivity (Wildman–Crippen MR) is 54.2 cm³/mol. The molecule has 0 unspecified atom stereocenters. The molecule has 0 aromatic heterocycles. The Hall–Kier alpha value is -2.10. The zero-order valence-corrected chi connectivity index (χ0v) is 8.14. The highest BCUT2D eigenvalue weighted by molar-refractivity contribution is 6.10. The van der Waals surface area contributed by atoms with E-state index in [9.17, 15) is 4.79 Å². The molecule has 0 fully saturated rings. The molecular weight excluding hydrogens is 194 g/mol. The third-order valence-electron chi connectivity index (χ3n) is 1.87. The van der Waals surface area contributed by atoms with E-state index in [0.717, 1.165) is 5.56 Å². The highest BCUT2D eigenvalue weighted by atomic mass is 16.6. The van der Waals surface area contributed by atoms with Crippen molar-refractivity contribution < 1.29 is 14.3 Å². The van der Waals surface area contributed by atoms with Gasteiger partial charge in [-0.05, 0) is 12.1 Å². The first kappa shape index (κ1) is 9.45. The summed E-state index contributed by atoms with van der Waals surface area (Å²) in [5.74, 6) is -0.181. The van der Waals surface area contributed by atoms with Crippen LogP contribution in [0.15, 0.2) is 47.3 Å². The van der Waals surface area contributed by atoms with Crippen molar-refractivity contribution in [2.75, 3.05) is 7.11 Å². The highest BCUT2D eigenvalue weighted by Gasteiger charge is 2.24. The van der Waals surface area contributed by atoms with Crippen LogP contribution >= 0.6 is 0 Å². The summed E-state index contributed by atoms with van der Waals surface area (Å²) in [6.07, 6.45) is 1.26. The zero-order chi connectivity index (χ0) is 10.7. The molecule has 0 spiro atoms. The van der Waals surface area contributed by atoms with Crippen LogP contribution in [-0.2, 0) is 14.3 Å². The Morgan fingerprint density at radius 2 is 2.07 bits per heavy atom. The van der Waals surface area contributed by atoms with E-state index >= 15 is 0 Å². The monoisotopic (exact) mass is 203 g/mol. The van der Waals surface area contributed by atoms with Crippen molar-refractivity contribution in [2.45, 2.75) is 0 Å². The van der Waals surface area contributed by atoms with E-state index in [0.29, 0.717) is 5.90 Å². The van der Waals surface area contributed by atoms with Gasteiger partial charge >= 0.3 is 5.97 Å². The van der Waals surface area contributed by atoms with Crippen LogP contribution in [0.2, 0.25) is 0 Å². The van der Waals surface area contributed by atoms with Gasteiger partial charge in [0.1, 0.15) is 6.26 Å². The van der Waals surface area contributed by atoms with Crippen LogP contribution in [0.5, 0.6) is 0 Å². The van der Waals surface area contributed by atoms with E-state index in [4.69, 9.17) is 9.47 Å². The molecule has 76 valence electrons. The van der Waals surface area contributed by atoms with Gasteiger partial charge < -0.3 is 9.47 Å². The Kier molecular flexibility index (Phi) is 2.49. The minimum absolute atomic E-state index is 0.177. The molecule has 0 saturated carbocycles. The molecule has 0 saturated heterocycles. The van der Waals surface area contributed by atoms with Gasteiger partial charge in [-0.15, -0.1) is 0 Å². The summed E-state index contributed by atoms with van der Waals surface area (Å²) < 4.78 is 9.69. The highest BCUT2D eigenvalue weighted by Crippen LogP contribution is 2.15. The molecule has 0 atom stereocenters. The topological polar surface area (TPSA) is 47.9 Å². The average Bonchev–Trinajstić information content (AvgIpc) is 2.63. The summed E-state index contributed by atoms with van der Waals surface area (Å²) in [4.78, 5) is 15.3. The number of rotatable bonds is 2. The molecule has 4 heteroatoms. The van der Waals surface area contributed by atoms with E-state index in [-0.39, 0.29) is 5.70 Å². The van der Waals surface area contributed by atoms with Crippen LogP contribution in [0, 0.1) is 0 Å². The Morgan fingerprint density at radius 3 is 2.73 bits per heavy atom. The lowest BCUT2D eigenvalue weighted by atomic mass is 10.2. The number of hydrogen-bond acceptors (Lipinski definition) is 4. The molecule has 0 bridgehead atoms. The number of esters is 1. The van der Waals surface area contributed by atoms with Crippen molar-refractivity contribution in [2.24, 2.45) is 4.99 Å². The van der Waals surface area contributed by atoms with Crippen molar-refractivity contribution in [1.29, 1.82) is 0 Å². The van der Waals surface area contributed by atoms with Crippen LogP contribution in [0.25, 0.3) is 0 Å². The van der Waals surface area contributed by atoms with Crippen molar-refractivity contribution in [3.8, 4) is 0 Å². The maximum atomic E-state index is 11.3. The van der Waals surface area contributed by atoms with Gasteiger partial charge in [0.05, 0.1) is 7.11 Å². The lowest BCUT2D eigenvalue weighted by molar-refractivity contribution is -0.130. The molecular formula is C11H9NO3. The fraction of sp³-hybridized carbons (Fsp3) is 0.0909. The largest absolute Gasteiger partial charge is 0.502 e. The second-order valence-electron chi connectivity index (χ2n) is 2.91. The molecule has 1 aromatic rings. The lowest BCUT2D eigenvalue weighted by Crippen LogP contribution is -2.05. The minimum atomic E-state index is -0.490. The summed E-state index contributed by atoms with van der Waals surface area (Å²) in [6.45, 7) is 0. The first-order valence-corrected chi connectivity index (χ1v) is 4.40. The first-order chi connectivity index (χ1) is 7.31. The fourth-order valence-corrected chi connectivity index (χ4v) is 1.21. The number of hydrogen-bond donors (Lipinski definition) is 0. The maximum absolute atomic E-state index is 11.3. The lowest BCUT2D eigenvalue weighted by Gasteiger charge is -1.96. The standard InChI is InChI=1S/C11H9NO3/c1-14-7-9-11(13)15-10(12-9)8-5-3-2-4-6-8/h2-7H,1H3/b9-7+. The summed E-state index contributed by atoms with van der Waals surface area (Å²) >= 11 is 0. The first-order valence-electron chi connectivity index (χ1n) is 4.40.